The molecule has 0 amide bonds. The van der Waals surface area contributed by atoms with E-state index in [9.17, 15) is 4.79 Å². The summed E-state index contributed by atoms with van der Waals surface area (Å²) in [6.07, 6.45) is 6.60. The molecule has 0 aliphatic rings. The van der Waals surface area contributed by atoms with Crippen LogP contribution in [0.4, 0.5) is 0 Å². The van der Waals surface area contributed by atoms with Gasteiger partial charge in [-0.3, -0.25) is 4.79 Å². The molecule has 0 aromatic heterocycles. The molecular weight excluding hydrogens is 164 g/mol. The first-order valence-corrected chi connectivity index (χ1v) is 4.96. The molecule has 0 spiro atoms. The van der Waals surface area contributed by atoms with Gasteiger partial charge in [0.2, 0.25) is 0 Å². The van der Waals surface area contributed by atoms with E-state index in [1.807, 2.05) is 6.08 Å². The predicted molar refractivity (Wildman–Crippen MR) is 54.5 cm³/mol. The third-order valence-corrected chi connectivity index (χ3v) is 2.01. The van der Waals surface area contributed by atoms with Gasteiger partial charge >= 0.3 is 5.97 Å². The van der Waals surface area contributed by atoms with Crippen molar-refractivity contribution in [3.8, 4) is 0 Å². The lowest BCUT2D eigenvalue weighted by Gasteiger charge is -2.11. The lowest BCUT2D eigenvalue weighted by atomic mass is 10.0. The van der Waals surface area contributed by atoms with E-state index in [-0.39, 0.29) is 5.97 Å². The number of hydrogen-bond acceptors (Lipinski definition) is 2. The van der Waals surface area contributed by atoms with Crippen molar-refractivity contribution in [3.63, 3.8) is 0 Å². The van der Waals surface area contributed by atoms with E-state index in [4.69, 9.17) is 4.74 Å². The third kappa shape index (κ3) is 7.57. The summed E-state index contributed by atoms with van der Waals surface area (Å²) in [6, 6.07) is 0. The van der Waals surface area contributed by atoms with Crippen LogP contribution >= 0.6 is 0 Å². The second-order valence-corrected chi connectivity index (χ2v) is 3.29. The van der Waals surface area contributed by atoms with Crippen molar-refractivity contribution in [2.75, 3.05) is 6.61 Å². The smallest absolute Gasteiger partial charge is 0.302 e. The molecule has 0 aliphatic heterocycles. The Bertz CT molecular complexity index is 152. The Morgan fingerprint density at radius 3 is 2.69 bits per heavy atom. The number of carbonyl (C=O) groups excluding carboxylic acids is 1. The second-order valence-electron chi connectivity index (χ2n) is 3.29. The van der Waals surface area contributed by atoms with E-state index >= 15 is 0 Å². The summed E-state index contributed by atoms with van der Waals surface area (Å²) in [6.45, 7) is 7.83. The fraction of sp³-hybridized carbons (Fsp3) is 0.727. The van der Waals surface area contributed by atoms with Crippen LogP contribution in [0.15, 0.2) is 12.7 Å². The molecule has 76 valence electrons. The Kier molecular flexibility index (Phi) is 7.36. The number of esters is 1. The number of carbonyl (C=O) groups is 1. The van der Waals surface area contributed by atoms with Crippen LogP contribution in [0, 0.1) is 5.92 Å². The van der Waals surface area contributed by atoms with Gasteiger partial charge in [-0.25, -0.2) is 0 Å². The van der Waals surface area contributed by atoms with Crippen molar-refractivity contribution >= 4 is 5.97 Å². The van der Waals surface area contributed by atoms with Crippen molar-refractivity contribution in [1.29, 1.82) is 0 Å². The Morgan fingerprint density at radius 2 is 2.23 bits per heavy atom. The average molecular weight is 184 g/mol. The van der Waals surface area contributed by atoms with Gasteiger partial charge in [-0.05, 0) is 6.42 Å². The topological polar surface area (TPSA) is 26.3 Å². The molecule has 0 N–H and O–H groups in total. The largest absolute Gasteiger partial charge is 0.465 e. The minimum absolute atomic E-state index is 0.206. The van der Waals surface area contributed by atoms with Gasteiger partial charge in [0.1, 0.15) is 0 Å². The van der Waals surface area contributed by atoms with Crippen LogP contribution in [0.1, 0.15) is 39.5 Å². The first-order chi connectivity index (χ1) is 6.20. The first kappa shape index (κ1) is 12.2. The predicted octanol–water partition coefficient (Wildman–Crippen LogP) is 2.93. The normalized spacial score (nSPS) is 12.2. The summed E-state index contributed by atoms with van der Waals surface area (Å²) >= 11 is 0. The van der Waals surface area contributed by atoms with Gasteiger partial charge in [0, 0.05) is 12.8 Å². The molecule has 1 unspecified atom stereocenters. The van der Waals surface area contributed by atoms with Crippen LogP contribution in [-0.4, -0.2) is 12.6 Å². The summed E-state index contributed by atoms with van der Waals surface area (Å²) in [5, 5.41) is 0. The van der Waals surface area contributed by atoms with Crippen molar-refractivity contribution in [3.05, 3.63) is 12.7 Å². The van der Waals surface area contributed by atoms with Crippen molar-refractivity contribution in [2.45, 2.75) is 39.5 Å². The summed E-state index contributed by atoms with van der Waals surface area (Å²) in [5.41, 5.74) is 0. The highest BCUT2D eigenvalue weighted by Gasteiger charge is 2.05. The lowest BCUT2D eigenvalue weighted by molar-refractivity contribution is -0.141. The van der Waals surface area contributed by atoms with Crippen LogP contribution in [0.3, 0.4) is 0 Å². The third-order valence-electron chi connectivity index (χ3n) is 2.01. The van der Waals surface area contributed by atoms with E-state index in [1.54, 1.807) is 0 Å². The zero-order valence-corrected chi connectivity index (χ0v) is 8.71. The standard InChI is InChI=1S/C11H20O2/c1-4-6-7-8-11(5-2)9-13-10(3)12/h5,11H,2,4,6-9H2,1,3H3. The molecule has 0 aromatic carbocycles. The van der Waals surface area contributed by atoms with Crippen LogP contribution in [0.25, 0.3) is 0 Å². The maximum Gasteiger partial charge on any atom is 0.302 e. The zero-order valence-electron chi connectivity index (χ0n) is 8.71. The quantitative estimate of drug-likeness (QED) is 0.345. The van der Waals surface area contributed by atoms with Gasteiger partial charge < -0.3 is 4.74 Å². The Morgan fingerprint density at radius 1 is 1.54 bits per heavy atom. The highest BCUT2D eigenvalue weighted by atomic mass is 16.5. The monoisotopic (exact) mass is 184 g/mol. The lowest BCUT2D eigenvalue weighted by Crippen LogP contribution is -2.10. The molecule has 0 bridgehead atoms. The molecular formula is C11H20O2. The number of rotatable bonds is 7. The molecule has 2 heteroatoms. The molecule has 13 heavy (non-hydrogen) atoms. The molecule has 0 rings (SSSR count). The van der Waals surface area contributed by atoms with E-state index < -0.39 is 0 Å². The molecule has 2 nitrogen and oxygen atoms in total. The zero-order chi connectivity index (χ0) is 10.1. The maximum atomic E-state index is 10.5. The van der Waals surface area contributed by atoms with Gasteiger partial charge in [0.15, 0.2) is 0 Å². The minimum atomic E-state index is -0.206. The van der Waals surface area contributed by atoms with Gasteiger partial charge in [-0.2, -0.15) is 0 Å². The fourth-order valence-corrected chi connectivity index (χ4v) is 1.15. The SMILES string of the molecule is C=CC(CCCCC)COC(C)=O. The minimum Gasteiger partial charge on any atom is -0.465 e. The Balaban J connectivity index is 3.51. The summed E-state index contributed by atoms with van der Waals surface area (Å²) < 4.78 is 4.92. The van der Waals surface area contributed by atoms with Crippen LogP contribution in [0.5, 0.6) is 0 Å². The molecule has 1 atom stereocenters. The summed E-state index contributed by atoms with van der Waals surface area (Å²) in [5.74, 6) is 0.123. The fourth-order valence-electron chi connectivity index (χ4n) is 1.15. The number of ether oxygens (including phenoxy) is 1. The average Bonchev–Trinajstić information content (AvgIpc) is 2.10. The maximum absolute atomic E-state index is 10.5. The second kappa shape index (κ2) is 7.84. The van der Waals surface area contributed by atoms with Gasteiger partial charge in [-0.15, -0.1) is 6.58 Å². The highest BCUT2D eigenvalue weighted by Crippen LogP contribution is 2.11. The Labute approximate surface area is 81.0 Å². The van der Waals surface area contributed by atoms with Crippen molar-refractivity contribution in [2.24, 2.45) is 5.92 Å². The first-order valence-electron chi connectivity index (χ1n) is 4.96. The Hall–Kier alpha value is -0.790. The number of unbranched alkanes of at least 4 members (excludes halogenated alkanes) is 2. The molecule has 0 radical (unpaired) electrons. The number of hydrogen-bond donors (Lipinski definition) is 0. The molecule has 0 heterocycles. The molecule has 0 aliphatic carbocycles. The van der Waals surface area contributed by atoms with Gasteiger partial charge in [-0.1, -0.05) is 32.3 Å². The van der Waals surface area contributed by atoms with Crippen LogP contribution in [-0.2, 0) is 9.53 Å². The molecule has 0 saturated heterocycles. The van der Waals surface area contributed by atoms with E-state index in [1.165, 1.54) is 26.2 Å². The van der Waals surface area contributed by atoms with Gasteiger partial charge in [0.25, 0.3) is 0 Å². The van der Waals surface area contributed by atoms with Crippen LogP contribution < -0.4 is 0 Å². The van der Waals surface area contributed by atoms with Crippen molar-refractivity contribution in [1.82, 2.24) is 0 Å². The van der Waals surface area contributed by atoms with E-state index in [2.05, 4.69) is 13.5 Å². The summed E-state index contributed by atoms with van der Waals surface area (Å²) in [7, 11) is 0. The van der Waals surface area contributed by atoms with Crippen LogP contribution in [0.2, 0.25) is 0 Å². The molecule has 0 saturated carbocycles. The van der Waals surface area contributed by atoms with E-state index in [0.717, 1.165) is 6.42 Å². The summed E-state index contributed by atoms with van der Waals surface area (Å²) in [4.78, 5) is 10.5. The van der Waals surface area contributed by atoms with Gasteiger partial charge in [0.05, 0.1) is 6.61 Å². The molecule has 0 fully saturated rings. The highest BCUT2D eigenvalue weighted by molar-refractivity contribution is 5.65. The van der Waals surface area contributed by atoms with Crippen molar-refractivity contribution < 1.29 is 9.53 Å². The molecule has 0 aromatic rings. The van der Waals surface area contributed by atoms with E-state index in [0.29, 0.717) is 12.5 Å².